The molecule has 1 aromatic rings. The van der Waals surface area contributed by atoms with Gasteiger partial charge in [0.2, 0.25) is 5.91 Å². The van der Waals surface area contributed by atoms with Gasteiger partial charge < -0.3 is 9.80 Å². The molecule has 1 fully saturated rings. The Kier molecular flexibility index (Phi) is 6.78. The third kappa shape index (κ3) is 5.17. The largest absolute Gasteiger partial charge is 0.339 e. The number of pyridine rings is 1. The van der Waals surface area contributed by atoms with Crippen molar-refractivity contribution in [1.29, 1.82) is 0 Å². The van der Waals surface area contributed by atoms with E-state index in [1.165, 1.54) is 5.56 Å². The molecular formula is C19H29N3O. The summed E-state index contributed by atoms with van der Waals surface area (Å²) in [5.41, 5.74) is 2.21. The van der Waals surface area contributed by atoms with Crippen LogP contribution in [0, 0.1) is 0 Å². The Morgan fingerprint density at radius 2 is 2.00 bits per heavy atom. The first kappa shape index (κ1) is 17.7. The highest BCUT2D eigenvalue weighted by molar-refractivity contribution is 5.92. The van der Waals surface area contributed by atoms with E-state index in [2.05, 4.69) is 28.9 Å². The predicted molar refractivity (Wildman–Crippen MR) is 94.2 cm³/mol. The van der Waals surface area contributed by atoms with Gasteiger partial charge in [0.15, 0.2) is 0 Å². The molecule has 4 nitrogen and oxygen atoms in total. The van der Waals surface area contributed by atoms with Crippen LogP contribution in [-0.4, -0.2) is 53.4 Å². The summed E-state index contributed by atoms with van der Waals surface area (Å²) < 4.78 is 0. The molecule has 1 aromatic heterocycles. The molecular weight excluding hydrogens is 286 g/mol. The van der Waals surface area contributed by atoms with Gasteiger partial charge in [-0.3, -0.25) is 9.78 Å². The number of rotatable bonds is 6. The molecule has 0 aliphatic carbocycles. The second kappa shape index (κ2) is 8.82. The van der Waals surface area contributed by atoms with Gasteiger partial charge in [-0.25, -0.2) is 0 Å². The van der Waals surface area contributed by atoms with Gasteiger partial charge in [-0.15, -0.1) is 0 Å². The SMILES string of the molecule is CC/C=C(\C)C(=O)N(C)C1CCN(CCc2ccncc2)CC1. The Bertz CT molecular complexity index is 519. The van der Waals surface area contributed by atoms with Gasteiger partial charge in [0, 0.05) is 50.7 Å². The lowest BCUT2D eigenvalue weighted by Gasteiger charge is -2.37. The standard InChI is InChI=1S/C19H29N3O/c1-4-5-16(2)19(23)21(3)18-9-14-22(15-10-18)13-8-17-6-11-20-12-7-17/h5-7,11-12,18H,4,8-10,13-15H2,1-3H3/b16-5+. The number of hydrogen-bond acceptors (Lipinski definition) is 3. The van der Waals surface area contributed by atoms with Crippen molar-refractivity contribution in [3.63, 3.8) is 0 Å². The number of nitrogens with zero attached hydrogens (tertiary/aromatic N) is 3. The summed E-state index contributed by atoms with van der Waals surface area (Å²) in [6.07, 6.45) is 9.85. The van der Waals surface area contributed by atoms with Crippen molar-refractivity contribution in [2.45, 2.75) is 45.6 Å². The molecule has 2 heterocycles. The lowest BCUT2D eigenvalue weighted by molar-refractivity contribution is -0.128. The van der Waals surface area contributed by atoms with E-state index in [4.69, 9.17) is 0 Å². The van der Waals surface area contributed by atoms with Crippen molar-refractivity contribution in [3.05, 3.63) is 41.7 Å². The summed E-state index contributed by atoms with van der Waals surface area (Å²) in [6.45, 7) is 7.22. The van der Waals surface area contributed by atoms with Crippen molar-refractivity contribution in [2.75, 3.05) is 26.7 Å². The first-order valence-corrected chi connectivity index (χ1v) is 8.67. The van der Waals surface area contributed by atoms with Crippen LogP contribution < -0.4 is 0 Å². The predicted octanol–water partition coefficient (Wildman–Crippen LogP) is 2.90. The van der Waals surface area contributed by atoms with Gasteiger partial charge in [-0.2, -0.15) is 0 Å². The number of carbonyl (C=O) groups excluding carboxylic acids is 1. The van der Waals surface area contributed by atoms with E-state index in [1.54, 1.807) is 0 Å². The van der Waals surface area contributed by atoms with Crippen molar-refractivity contribution in [1.82, 2.24) is 14.8 Å². The smallest absolute Gasteiger partial charge is 0.249 e. The van der Waals surface area contributed by atoms with E-state index in [0.29, 0.717) is 6.04 Å². The average Bonchev–Trinajstić information content (AvgIpc) is 2.60. The van der Waals surface area contributed by atoms with E-state index in [-0.39, 0.29) is 5.91 Å². The van der Waals surface area contributed by atoms with Crippen LogP contribution in [0.15, 0.2) is 36.2 Å². The van der Waals surface area contributed by atoms with E-state index >= 15 is 0 Å². The molecule has 1 aliphatic heterocycles. The molecule has 0 atom stereocenters. The van der Waals surface area contributed by atoms with Crippen molar-refractivity contribution < 1.29 is 4.79 Å². The van der Waals surface area contributed by atoms with Crippen LogP contribution in [0.4, 0.5) is 0 Å². The monoisotopic (exact) mass is 315 g/mol. The maximum absolute atomic E-state index is 12.4. The molecule has 2 rings (SSSR count). The van der Waals surface area contributed by atoms with Gasteiger partial charge in [0.05, 0.1) is 0 Å². The topological polar surface area (TPSA) is 36.4 Å². The van der Waals surface area contributed by atoms with E-state index in [9.17, 15) is 4.79 Å². The lowest BCUT2D eigenvalue weighted by Crippen LogP contribution is -2.46. The summed E-state index contributed by atoms with van der Waals surface area (Å²) in [5.74, 6) is 0.182. The van der Waals surface area contributed by atoms with Gasteiger partial charge in [-0.1, -0.05) is 13.0 Å². The molecule has 0 saturated carbocycles. The third-order valence-corrected chi connectivity index (χ3v) is 4.74. The van der Waals surface area contributed by atoms with Crippen LogP contribution in [0.5, 0.6) is 0 Å². The quantitative estimate of drug-likeness (QED) is 0.757. The van der Waals surface area contributed by atoms with Gasteiger partial charge in [0.1, 0.15) is 0 Å². The summed E-state index contributed by atoms with van der Waals surface area (Å²) in [4.78, 5) is 20.9. The normalized spacial score (nSPS) is 17.3. The number of carbonyl (C=O) groups is 1. The Labute approximate surface area is 140 Å². The first-order chi connectivity index (χ1) is 11.1. The number of piperidine rings is 1. The molecule has 1 amide bonds. The zero-order valence-corrected chi connectivity index (χ0v) is 14.7. The third-order valence-electron chi connectivity index (χ3n) is 4.74. The molecule has 4 heteroatoms. The molecule has 0 N–H and O–H groups in total. The van der Waals surface area contributed by atoms with Crippen LogP contribution >= 0.6 is 0 Å². The Hall–Kier alpha value is -1.68. The molecule has 1 aliphatic rings. The Balaban J connectivity index is 1.77. The molecule has 0 unspecified atom stereocenters. The summed E-state index contributed by atoms with van der Waals surface area (Å²) >= 11 is 0. The molecule has 0 bridgehead atoms. The van der Waals surface area contributed by atoms with Gasteiger partial charge in [-0.05, 0) is 50.3 Å². The minimum absolute atomic E-state index is 0.182. The number of amides is 1. The summed E-state index contributed by atoms with van der Waals surface area (Å²) in [5, 5.41) is 0. The number of likely N-dealkylation sites (N-methyl/N-ethyl adjacent to an activating group) is 1. The average molecular weight is 315 g/mol. The van der Waals surface area contributed by atoms with Crippen molar-refractivity contribution >= 4 is 5.91 Å². The van der Waals surface area contributed by atoms with Gasteiger partial charge >= 0.3 is 0 Å². The molecule has 0 aromatic carbocycles. The number of allylic oxidation sites excluding steroid dienone is 1. The van der Waals surface area contributed by atoms with Crippen LogP contribution in [0.25, 0.3) is 0 Å². The minimum Gasteiger partial charge on any atom is -0.339 e. The zero-order valence-electron chi connectivity index (χ0n) is 14.7. The zero-order chi connectivity index (χ0) is 16.7. The minimum atomic E-state index is 0.182. The molecule has 23 heavy (non-hydrogen) atoms. The Morgan fingerprint density at radius 1 is 1.35 bits per heavy atom. The first-order valence-electron chi connectivity index (χ1n) is 8.67. The number of hydrogen-bond donors (Lipinski definition) is 0. The van der Waals surface area contributed by atoms with E-state index in [1.807, 2.05) is 37.3 Å². The fraction of sp³-hybridized carbons (Fsp3) is 0.579. The Morgan fingerprint density at radius 3 is 2.61 bits per heavy atom. The number of aromatic nitrogens is 1. The van der Waals surface area contributed by atoms with Crippen LogP contribution in [0.2, 0.25) is 0 Å². The van der Waals surface area contributed by atoms with Crippen LogP contribution in [0.3, 0.4) is 0 Å². The highest BCUT2D eigenvalue weighted by Crippen LogP contribution is 2.17. The molecule has 126 valence electrons. The molecule has 0 spiro atoms. The number of likely N-dealkylation sites (tertiary alicyclic amines) is 1. The van der Waals surface area contributed by atoms with E-state index in [0.717, 1.165) is 50.9 Å². The fourth-order valence-corrected chi connectivity index (χ4v) is 3.20. The fourth-order valence-electron chi connectivity index (χ4n) is 3.20. The van der Waals surface area contributed by atoms with Crippen molar-refractivity contribution in [2.24, 2.45) is 0 Å². The second-order valence-corrected chi connectivity index (χ2v) is 6.39. The second-order valence-electron chi connectivity index (χ2n) is 6.39. The maximum Gasteiger partial charge on any atom is 0.249 e. The molecule has 0 radical (unpaired) electrons. The van der Waals surface area contributed by atoms with E-state index < -0.39 is 0 Å². The van der Waals surface area contributed by atoms with Gasteiger partial charge in [0.25, 0.3) is 0 Å². The summed E-state index contributed by atoms with van der Waals surface area (Å²) in [7, 11) is 1.95. The highest BCUT2D eigenvalue weighted by Gasteiger charge is 2.25. The summed E-state index contributed by atoms with van der Waals surface area (Å²) in [6, 6.07) is 4.55. The van der Waals surface area contributed by atoms with Crippen LogP contribution in [0.1, 0.15) is 38.7 Å². The lowest BCUT2D eigenvalue weighted by atomic mass is 10.0. The maximum atomic E-state index is 12.4. The highest BCUT2D eigenvalue weighted by atomic mass is 16.2. The molecule has 1 saturated heterocycles. The van der Waals surface area contributed by atoms with Crippen molar-refractivity contribution in [3.8, 4) is 0 Å². The van der Waals surface area contributed by atoms with Crippen LogP contribution in [-0.2, 0) is 11.2 Å².